The van der Waals surface area contributed by atoms with Crippen LogP contribution in [0, 0.1) is 35.5 Å². The SMILES string of the molecule is CCCCCC1CCC2CCCCCCCC(C3CCCCC3CCCC)CC2C1. The quantitative estimate of drug-likeness (QED) is 0.345. The van der Waals surface area contributed by atoms with Crippen molar-refractivity contribution in [3.05, 3.63) is 0 Å². The first-order chi connectivity index (χ1) is 14.8. The van der Waals surface area contributed by atoms with Gasteiger partial charge in [-0.3, -0.25) is 0 Å². The maximum atomic E-state index is 2.40. The molecular weight excluding hydrogens is 360 g/mol. The lowest BCUT2D eigenvalue weighted by atomic mass is 9.63. The van der Waals surface area contributed by atoms with Gasteiger partial charge in [-0.25, -0.2) is 0 Å². The van der Waals surface area contributed by atoms with Crippen molar-refractivity contribution in [2.45, 2.75) is 155 Å². The third-order valence-electron chi connectivity index (χ3n) is 9.72. The molecule has 0 aromatic rings. The van der Waals surface area contributed by atoms with Gasteiger partial charge in [-0.1, -0.05) is 129 Å². The molecule has 30 heavy (non-hydrogen) atoms. The molecule has 0 saturated heterocycles. The summed E-state index contributed by atoms with van der Waals surface area (Å²) in [7, 11) is 0. The first-order valence-corrected chi connectivity index (χ1v) is 14.8. The lowest BCUT2D eigenvalue weighted by Crippen LogP contribution is -2.32. The largest absolute Gasteiger partial charge is 0.0654 e. The van der Waals surface area contributed by atoms with Crippen molar-refractivity contribution < 1.29 is 0 Å². The van der Waals surface area contributed by atoms with Gasteiger partial charge < -0.3 is 0 Å². The smallest absolute Gasteiger partial charge is 0.0357 e. The summed E-state index contributed by atoms with van der Waals surface area (Å²) >= 11 is 0. The monoisotopic (exact) mass is 416 g/mol. The van der Waals surface area contributed by atoms with Crippen LogP contribution in [0.2, 0.25) is 0 Å². The van der Waals surface area contributed by atoms with Gasteiger partial charge in [0.15, 0.2) is 0 Å². The number of fused-ring (bicyclic) bond motifs is 1. The molecular formula is C30H56. The Morgan fingerprint density at radius 2 is 1.20 bits per heavy atom. The summed E-state index contributed by atoms with van der Waals surface area (Å²) in [4.78, 5) is 0. The molecule has 3 aliphatic carbocycles. The van der Waals surface area contributed by atoms with Crippen LogP contribution in [0.4, 0.5) is 0 Å². The molecule has 6 atom stereocenters. The van der Waals surface area contributed by atoms with Crippen LogP contribution in [0.25, 0.3) is 0 Å². The van der Waals surface area contributed by atoms with Gasteiger partial charge in [0, 0.05) is 0 Å². The Morgan fingerprint density at radius 3 is 2.00 bits per heavy atom. The van der Waals surface area contributed by atoms with Gasteiger partial charge in [0.2, 0.25) is 0 Å². The van der Waals surface area contributed by atoms with Crippen LogP contribution in [0.15, 0.2) is 0 Å². The minimum atomic E-state index is 1.07. The highest BCUT2D eigenvalue weighted by molar-refractivity contribution is 4.87. The zero-order valence-electron chi connectivity index (χ0n) is 21.0. The number of hydrogen-bond donors (Lipinski definition) is 0. The van der Waals surface area contributed by atoms with E-state index in [0.717, 1.165) is 35.5 Å². The average Bonchev–Trinajstić information content (AvgIpc) is 2.82. The lowest BCUT2D eigenvalue weighted by Gasteiger charge is -2.43. The predicted molar refractivity (Wildman–Crippen MR) is 134 cm³/mol. The van der Waals surface area contributed by atoms with E-state index in [4.69, 9.17) is 0 Å². The van der Waals surface area contributed by atoms with Crippen LogP contribution in [0.5, 0.6) is 0 Å². The van der Waals surface area contributed by atoms with E-state index in [0.29, 0.717) is 0 Å². The molecule has 0 aliphatic heterocycles. The summed E-state index contributed by atoms with van der Waals surface area (Å²) in [6, 6.07) is 0. The Kier molecular flexibility index (Phi) is 11.7. The molecule has 3 fully saturated rings. The zero-order valence-corrected chi connectivity index (χ0v) is 21.0. The van der Waals surface area contributed by atoms with Crippen molar-refractivity contribution in [2.24, 2.45) is 35.5 Å². The van der Waals surface area contributed by atoms with E-state index in [9.17, 15) is 0 Å². The van der Waals surface area contributed by atoms with Crippen LogP contribution in [0.1, 0.15) is 155 Å². The molecule has 0 spiro atoms. The summed E-state index contributed by atoms with van der Waals surface area (Å²) in [6.07, 6.45) is 33.7. The van der Waals surface area contributed by atoms with Gasteiger partial charge in [-0.2, -0.15) is 0 Å². The van der Waals surface area contributed by atoms with Crippen molar-refractivity contribution in [1.82, 2.24) is 0 Å². The standard InChI is InChI=1S/C30H56/c1-3-5-10-15-25-21-22-26-17-11-8-7-9-12-19-28(24-29(26)23-25)30-20-14-13-18-27(30)16-6-4-2/h25-30H,3-24H2,1-2H3. The van der Waals surface area contributed by atoms with Gasteiger partial charge >= 0.3 is 0 Å². The average molecular weight is 417 g/mol. The Bertz CT molecular complexity index is 426. The van der Waals surface area contributed by atoms with E-state index < -0.39 is 0 Å². The van der Waals surface area contributed by atoms with Crippen LogP contribution in [-0.2, 0) is 0 Å². The third-order valence-corrected chi connectivity index (χ3v) is 9.72. The Labute approximate surface area is 190 Å². The van der Waals surface area contributed by atoms with Crippen LogP contribution in [0.3, 0.4) is 0 Å². The van der Waals surface area contributed by atoms with E-state index in [1.54, 1.807) is 70.6 Å². The van der Waals surface area contributed by atoms with Crippen molar-refractivity contribution >= 4 is 0 Å². The van der Waals surface area contributed by atoms with Crippen molar-refractivity contribution in [2.75, 3.05) is 0 Å². The van der Waals surface area contributed by atoms with Gasteiger partial charge in [0.25, 0.3) is 0 Å². The lowest BCUT2D eigenvalue weighted by molar-refractivity contribution is 0.0793. The van der Waals surface area contributed by atoms with Gasteiger partial charge in [0.1, 0.15) is 0 Å². The van der Waals surface area contributed by atoms with Crippen molar-refractivity contribution in [3.63, 3.8) is 0 Å². The van der Waals surface area contributed by atoms with Gasteiger partial charge in [-0.05, 0) is 61.2 Å². The first kappa shape index (κ1) is 24.6. The Hall–Kier alpha value is 0. The molecule has 0 radical (unpaired) electrons. The minimum Gasteiger partial charge on any atom is -0.0654 e. The highest BCUT2D eigenvalue weighted by atomic mass is 14.4. The Morgan fingerprint density at radius 1 is 0.500 bits per heavy atom. The number of hydrogen-bond acceptors (Lipinski definition) is 0. The molecule has 0 bridgehead atoms. The second kappa shape index (κ2) is 14.2. The molecule has 0 amide bonds. The zero-order chi connectivity index (χ0) is 21.0. The molecule has 0 aromatic carbocycles. The van der Waals surface area contributed by atoms with E-state index in [2.05, 4.69) is 13.8 Å². The molecule has 0 N–H and O–H groups in total. The third kappa shape index (κ3) is 7.85. The fourth-order valence-electron chi connectivity index (χ4n) is 7.96. The van der Waals surface area contributed by atoms with Crippen molar-refractivity contribution in [1.29, 1.82) is 0 Å². The summed E-state index contributed by atoms with van der Waals surface area (Å²) in [6.45, 7) is 4.76. The molecule has 0 nitrogen and oxygen atoms in total. The highest BCUT2D eigenvalue weighted by Crippen LogP contribution is 2.48. The second-order valence-corrected chi connectivity index (χ2v) is 11.9. The normalized spacial score (nSPS) is 36.6. The number of rotatable bonds is 8. The molecule has 3 saturated carbocycles. The maximum absolute atomic E-state index is 2.40. The van der Waals surface area contributed by atoms with E-state index >= 15 is 0 Å². The summed E-state index contributed by atoms with van der Waals surface area (Å²) < 4.78 is 0. The second-order valence-electron chi connectivity index (χ2n) is 11.9. The van der Waals surface area contributed by atoms with Crippen LogP contribution in [-0.4, -0.2) is 0 Å². The fourth-order valence-corrected chi connectivity index (χ4v) is 7.96. The van der Waals surface area contributed by atoms with E-state index in [-0.39, 0.29) is 0 Å². The van der Waals surface area contributed by atoms with E-state index in [1.165, 1.54) is 70.6 Å². The summed E-state index contributed by atoms with van der Waals surface area (Å²) in [5, 5.41) is 0. The summed E-state index contributed by atoms with van der Waals surface area (Å²) in [5.41, 5.74) is 0. The summed E-state index contributed by atoms with van der Waals surface area (Å²) in [5.74, 6) is 6.49. The molecule has 0 heterocycles. The fraction of sp³-hybridized carbons (Fsp3) is 1.00. The molecule has 176 valence electrons. The molecule has 3 rings (SSSR count). The van der Waals surface area contributed by atoms with Gasteiger partial charge in [-0.15, -0.1) is 0 Å². The predicted octanol–water partition coefficient (Wildman–Crippen LogP) is 10.3. The molecule has 6 unspecified atom stereocenters. The van der Waals surface area contributed by atoms with E-state index in [1.807, 2.05) is 0 Å². The topological polar surface area (TPSA) is 0 Å². The number of unbranched alkanes of at least 4 members (excludes halogenated alkanes) is 3. The minimum absolute atomic E-state index is 1.07. The maximum Gasteiger partial charge on any atom is -0.0357 e. The van der Waals surface area contributed by atoms with Crippen LogP contribution >= 0.6 is 0 Å². The Balaban J connectivity index is 1.67. The van der Waals surface area contributed by atoms with Crippen LogP contribution < -0.4 is 0 Å². The first-order valence-electron chi connectivity index (χ1n) is 14.8. The highest BCUT2D eigenvalue weighted by Gasteiger charge is 2.36. The molecule has 3 aliphatic rings. The van der Waals surface area contributed by atoms with Gasteiger partial charge in [0.05, 0.1) is 0 Å². The van der Waals surface area contributed by atoms with Crippen molar-refractivity contribution in [3.8, 4) is 0 Å². The molecule has 0 heteroatoms. The molecule has 0 aromatic heterocycles.